The molecule has 1 aromatic carbocycles. The van der Waals surface area contributed by atoms with Gasteiger partial charge in [0.1, 0.15) is 17.5 Å². The Morgan fingerprint density at radius 3 is 2.47 bits per heavy atom. The summed E-state index contributed by atoms with van der Waals surface area (Å²) < 4.78 is 0. The highest BCUT2D eigenvalue weighted by Crippen LogP contribution is 2.11. The lowest BCUT2D eigenvalue weighted by atomic mass is 10.2. The van der Waals surface area contributed by atoms with Gasteiger partial charge in [-0.2, -0.15) is 0 Å². The Labute approximate surface area is 101 Å². The van der Waals surface area contributed by atoms with Gasteiger partial charge in [0.15, 0.2) is 0 Å². The zero-order valence-electron chi connectivity index (χ0n) is 10.1. The van der Waals surface area contributed by atoms with E-state index in [-0.39, 0.29) is 0 Å². The predicted molar refractivity (Wildman–Crippen MR) is 70.1 cm³/mol. The first kappa shape index (κ1) is 11.4. The number of aromatic nitrogens is 2. The molecule has 2 rings (SSSR count). The van der Waals surface area contributed by atoms with Gasteiger partial charge < -0.3 is 10.6 Å². The Balaban J connectivity index is 2.06. The van der Waals surface area contributed by atoms with Gasteiger partial charge >= 0.3 is 0 Å². The number of benzene rings is 1. The topological polar surface area (TPSA) is 49.8 Å². The second-order valence-electron chi connectivity index (χ2n) is 3.77. The quantitative estimate of drug-likeness (QED) is 0.844. The van der Waals surface area contributed by atoms with Crippen molar-refractivity contribution in [3.63, 3.8) is 0 Å². The first-order valence-electron chi connectivity index (χ1n) is 5.59. The predicted octanol–water partition coefficient (Wildman–Crippen LogP) is 2.44. The minimum Gasteiger partial charge on any atom is -0.373 e. The molecule has 1 heterocycles. The van der Waals surface area contributed by atoms with E-state index in [0.29, 0.717) is 0 Å². The highest BCUT2D eigenvalue weighted by molar-refractivity contribution is 5.47. The van der Waals surface area contributed by atoms with Crippen LogP contribution in [0.1, 0.15) is 11.4 Å². The van der Waals surface area contributed by atoms with E-state index in [1.807, 2.05) is 38.2 Å². The SMILES string of the molecule is CNc1cc(NCc2ccccc2)nc(C)n1. The lowest BCUT2D eigenvalue weighted by Crippen LogP contribution is -2.04. The van der Waals surface area contributed by atoms with Crippen LogP contribution in [0.15, 0.2) is 36.4 Å². The van der Waals surface area contributed by atoms with Crippen LogP contribution in [-0.2, 0) is 6.54 Å². The van der Waals surface area contributed by atoms with Crippen molar-refractivity contribution in [1.29, 1.82) is 0 Å². The maximum Gasteiger partial charge on any atom is 0.132 e. The Hall–Kier alpha value is -2.10. The molecule has 2 aromatic rings. The van der Waals surface area contributed by atoms with Crippen LogP contribution in [0, 0.1) is 6.92 Å². The molecule has 4 heteroatoms. The molecule has 88 valence electrons. The van der Waals surface area contributed by atoms with Gasteiger partial charge in [0.2, 0.25) is 0 Å². The summed E-state index contributed by atoms with van der Waals surface area (Å²) in [5, 5.41) is 6.30. The van der Waals surface area contributed by atoms with Gasteiger partial charge in [-0.3, -0.25) is 0 Å². The average Bonchev–Trinajstić information content (AvgIpc) is 2.37. The molecule has 0 radical (unpaired) electrons. The van der Waals surface area contributed by atoms with Crippen LogP contribution in [0.3, 0.4) is 0 Å². The Kier molecular flexibility index (Phi) is 3.55. The van der Waals surface area contributed by atoms with E-state index in [0.717, 1.165) is 24.0 Å². The zero-order valence-corrected chi connectivity index (χ0v) is 10.1. The molecule has 2 N–H and O–H groups in total. The summed E-state index contributed by atoms with van der Waals surface area (Å²) >= 11 is 0. The molecular formula is C13H16N4. The molecule has 0 saturated heterocycles. The third kappa shape index (κ3) is 3.17. The molecule has 0 atom stereocenters. The van der Waals surface area contributed by atoms with Gasteiger partial charge in [-0.05, 0) is 12.5 Å². The Morgan fingerprint density at radius 2 is 1.76 bits per heavy atom. The van der Waals surface area contributed by atoms with Gasteiger partial charge in [-0.1, -0.05) is 30.3 Å². The van der Waals surface area contributed by atoms with Crippen LogP contribution in [0.5, 0.6) is 0 Å². The summed E-state index contributed by atoms with van der Waals surface area (Å²) in [6.07, 6.45) is 0. The van der Waals surface area contributed by atoms with E-state index in [9.17, 15) is 0 Å². The lowest BCUT2D eigenvalue weighted by Gasteiger charge is -2.08. The molecule has 1 aromatic heterocycles. The van der Waals surface area contributed by atoms with Gasteiger partial charge in [0.25, 0.3) is 0 Å². The standard InChI is InChI=1S/C13H16N4/c1-10-16-12(14-2)8-13(17-10)15-9-11-6-4-3-5-7-11/h3-8H,9H2,1-2H3,(H2,14,15,16,17). The molecule has 0 bridgehead atoms. The fourth-order valence-corrected chi connectivity index (χ4v) is 1.57. The summed E-state index contributed by atoms with van der Waals surface area (Å²) in [5.74, 6) is 2.42. The van der Waals surface area contributed by atoms with Crippen molar-refractivity contribution in [1.82, 2.24) is 9.97 Å². The smallest absolute Gasteiger partial charge is 0.132 e. The minimum atomic E-state index is 0.757. The summed E-state index contributed by atoms with van der Waals surface area (Å²) in [6, 6.07) is 12.1. The Bertz CT molecular complexity index is 482. The van der Waals surface area contributed by atoms with E-state index in [1.165, 1.54) is 5.56 Å². The van der Waals surface area contributed by atoms with E-state index in [1.54, 1.807) is 0 Å². The second kappa shape index (κ2) is 5.30. The first-order valence-corrected chi connectivity index (χ1v) is 5.59. The lowest BCUT2D eigenvalue weighted by molar-refractivity contribution is 1.02. The summed E-state index contributed by atoms with van der Waals surface area (Å²) in [6.45, 7) is 2.65. The maximum absolute atomic E-state index is 4.33. The number of anilines is 2. The number of rotatable bonds is 4. The van der Waals surface area contributed by atoms with Gasteiger partial charge in [-0.25, -0.2) is 9.97 Å². The van der Waals surface area contributed by atoms with Crippen LogP contribution in [-0.4, -0.2) is 17.0 Å². The minimum absolute atomic E-state index is 0.757. The molecule has 0 spiro atoms. The van der Waals surface area contributed by atoms with Crippen LogP contribution in [0.4, 0.5) is 11.6 Å². The molecule has 0 fully saturated rings. The van der Waals surface area contributed by atoms with Crippen molar-refractivity contribution in [3.05, 3.63) is 47.8 Å². The van der Waals surface area contributed by atoms with Crippen LogP contribution in [0.25, 0.3) is 0 Å². The third-order valence-corrected chi connectivity index (χ3v) is 2.41. The molecule has 0 aliphatic rings. The van der Waals surface area contributed by atoms with Crippen LogP contribution >= 0.6 is 0 Å². The highest BCUT2D eigenvalue weighted by Gasteiger charge is 2.00. The number of nitrogens with one attached hydrogen (secondary N) is 2. The molecule has 0 amide bonds. The van der Waals surface area contributed by atoms with Gasteiger partial charge in [0, 0.05) is 19.7 Å². The van der Waals surface area contributed by atoms with Crippen LogP contribution in [0.2, 0.25) is 0 Å². The van der Waals surface area contributed by atoms with Crippen molar-refractivity contribution >= 4 is 11.6 Å². The number of hydrogen-bond acceptors (Lipinski definition) is 4. The van der Waals surface area contributed by atoms with E-state index >= 15 is 0 Å². The highest BCUT2D eigenvalue weighted by atomic mass is 15.1. The summed E-state index contributed by atoms with van der Waals surface area (Å²) in [5.41, 5.74) is 1.23. The number of nitrogens with zero attached hydrogens (tertiary/aromatic N) is 2. The average molecular weight is 228 g/mol. The summed E-state index contributed by atoms with van der Waals surface area (Å²) in [4.78, 5) is 8.58. The molecule has 0 unspecified atom stereocenters. The first-order chi connectivity index (χ1) is 8.28. The largest absolute Gasteiger partial charge is 0.373 e. The van der Waals surface area contributed by atoms with E-state index in [2.05, 4.69) is 32.7 Å². The van der Waals surface area contributed by atoms with Crippen molar-refractivity contribution in [2.45, 2.75) is 13.5 Å². The molecule has 4 nitrogen and oxygen atoms in total. The Morgan fingerprint density at radius 1 is 1.06 bits per heavy atom. The van der Waals surface area contributed by atoms with Gasteiger partial charge in [-0.15, -0.1) is 0 Å². The second-order valence-corrected chi connectivity index (χ2v) is 3.77. The normalized spacial score (nSPS) is 10.0. The molecule has 0 aliphatic heterocycles. The van der Waals surface area contributed by atoms with Crippen molar-refractivity contribution in [3.8, 4) is 0 Å². The van der Waals surface area contributed by atoms with Crippen molar-refractivity contribution in [2.24, 2.45) is 0 Å². The monoisotopic (exact) mass is 228 g/mol. The fraction of sp³-hybridized carbons (Fsp3) is 0.231. The fourth-order valence-electron chi connectivity index (χ4n) is 1.57. The third-order valence-electron chi connectivity index (χ3n) is 2.41. The van der Waals surface area contributed by atoms with Crippen molar-refractivity contribution in [2.75, 3.05) is 17.7 Å². The van der Waals surface area contributed by atoms with E-state index in [4.69, 9.17) is 0 Å². The zero-order chi connectivity index (χ0) is 12.1. The molecule has 0 aliphatic carbocycles. The molecule has 0 saturated carbocycles. The van der Waals surface area contributed by atoms with Crippen molar-refractivity contribution < 1.29 is 0 Å². The van der Waals surface area contributed by atoms with Gasteiger partial charge in [0.05, 0.1) is 0 Å². The molecular weight excluding hydrogens is 212 g/mol. The summed E-state index contributed by atoms with van der Waals surface area (Å²) in [7, 11) is 1.85. The number of aryl methyl sites for hydroxylation is 1. The maximum atomic E-state index is 4.33. The number of hydrogen-bond donors (Lipinski definition) is 2. The molecule has 17 heavy (non-hydrogen) atoms. The van der Waals surface area contributed by atoms with Crippen LogP contribution < -0.4 is 10.6 Å². The van der Waals surface area contributed by atoms with E-state index < -0.39 is 0 Å².